The average molecular weight is 214 g/mol. The van der Waals surface area contributed by atoms with E-state index >= 15 is 0 Å². The summed E-state index contributed by atoms with van der Waals surface area (Å²) in [5, 5.41) is 15.2. The number of aliphatic hydroxyl groups is 1. The lowest BCUT2D eigenvalue weighted by atomic mass is 9.81. The second-order valence-corrected chi connectivity index (χ2v) is 4.60. The predicted octanol–water partition coefficient (Wildman–Crippen LogP) is 0.263. The van der Waals surface area contributed by atoms with Gasteiger partial charge in [0.2, 0.25) is 5.91 Å². The van der Waals surface area contributed by atoms with Gasteiger partial charge in [0.25, 0.3) is 0 Å². The fourth-order valence-corrected chi connectivity index (χ4v) is 1.89. The Balaban J connectivity index is 2.50. The molecule has 4 nitrogen and oxygen atoms in total. The topological polar surface area (TPSA) is 61.4 Å². The van der Waals surface area contributed by atoms with E-state index in [1.54, 1.807) is 0 Å². The SMILES string of the molecule is CC[C@@H](CO)NC(=O)C1(C)CCCNC1. The van der Waals surface area contributed by atoms with Crippen LogP contribution in [0.4, 0.5) is 0 Å². The van der Waals surface area contributed by atoms with Gasteiger partial charge < -0.3 is 15.7 Å². The maximum atomic E-state index is 12.0. The number of hydrogen-bond acceptors (Lipinski definition) is 3. The Kier molecular flexibility index (Phi) is 4.54. The zero-order valence-corrected chi connectivity index (χ0v) is 9.68. The molecule has 0 saturated carbocycles. The Morgan fingerprint density at radius 3 is 2.87 bits per heavy atom. The summed E-state index contributed by atoms with van der Waals surface area (Å²) in [6.45, 7) is 5.70. The zero-order valence-electron chi connectivity index (χ0n) is 9.68. The molecule has 0 aliphatic carbocycles. The van der Waals surface area contributed by atoms with E-state index in [4.69, 9.17) is 5.11 Å². The third-order valence-electron chi connectivity index (χ3n) is 3.19. The van der Waals surface area contributed by atoms with Crippen LogP contribution in [-0.2, 0) is 4.79 Å². The first kappa shape index (κ1) is 12.5. The van der Waals surface area contributed by atoms with Crippen molar-refractivity contribution >= 4 is 5.91 Å². The molecule has 0 aromatic heterocycles. The minimum atomic E-state index is -0.305. The van der Waals surface area contributed by atoms with Crippen molar-refractivity contribution in [1.82, 2.24) is 10.6 Å². The second kappa shape index (κ2) is 5.47. The summed E-state index contributed by atoms with van der Waals surface area (Å²) < 4.78 is 0. The molecule has 1 aliphatic heterocycles. The van der Waals surface area contributed by atoms with Crippen LogP contribution in [0.1, 0.15) is 33.1 Å². The Morgan fingerprint density at radius 1 is 1.67 bits per heavy atom. The highest BCUT2D eigenvalue weighted by Gasteiger charge is 2.35. The summed E-state index contributed by atoms with van der Waals surface area (Å²) >= 11 is 0. The standard InChI is InChI=1S/C11H22N2O2/c1-3-9(7-14)13-10(15)11(2)5-4-6-12-8-11/h9,12,14H,3-8H2,1-2H3,(H,13,15)/t9-,11?/m0/s1. The van der Waals surface area contributed by atoms with E-state index in [9.17, 15) is 4.79 Å². The molecule has 1 unspecified atom stereocenters. The molecule has 1 rings (SSSR count). The quantitative estimate of drug-likeness (QED) is 0.629. The number of hydrogen-bond donors (Lipinski definition) is 3. The van der Waals surface area contributed by atoms with E-state index in [1.165, 1.54) is 0 Å². The zero-order chi connectivity index (χ0) is 11.3. The molecular formula is C11H22N2O2. The summed E-state index contributed by atoms with van der Waals surface area (Å²) in [5.74, 6) is 0.0654. The van der Waals surface area contributed by atoms with Crippen LogP contribution in [0.25, 0.3) is 0 Å². The van der Waals surface area contributed by atoms with E-state index in [0.717, 1.165) is 32.4 Å². The first-order valence-corrected chi connectivity index (χ1v) is 5.75. The highest BCUT2D eigenvalue weighted by molar-refractivity contribution is 5.82. The van der Waals surface area contributed by atoms with Crippen molar-refractivity contribution in [2.45, 2.75) is 39.2 Å². The van der Waals surface area contributed by atoms with Gasteiger partial charge >= 0.3 is 0 Å². The maximum absolute atomic E-state index is 12.0. The number of nitrogens with one attached hydrogen (secondary N) is 2. The molecule has 2 atom stereocenters. The molecule has 0 aromatic carbocycles. The van der Waals surface area contributed by atoms with E-state index in [2.05, 4.69) is 10.6 Å². The molecule has 0 aromatic rings. The van der Waals surface area contributed by atoms with Crippen LogP contribution >= 0.6 is 0 Å². The Morgan fingerprint density at radius 2 is 2.40 bits per heavy atom. The lowest BCUT2D eigenvalue weighted by Crippen LogP contribution is -2.51. The summed E-state index contributed by atoms with van der Waals surface area (Å²) in [6, 6.07) is -0.101. The number of rotatable bonds is 4. The third kappa shape index (κ3) is 3.18. The van der Waals surface area contributed by atoms with Gasteiger partial charge in [-0.3, -0.25) is 4.79 Å². The molecule has 15 heavy (non-hydrogen) atoms. The normalized spacial score (nSPS) is 28.5. The number of carbonyl (C=O) groups excluding carboxylic acids is 1. The molecule has 1 fully saturated rings. The van der Waals surface area contributed by atoms with Crippen molar-refractivity contribution in [3.05, 3.63) is 0 Å². The molecule has 0 radical (unpaired) electrons. The van der Waals surface area contributed by atoms with Gasteiger partial charge in [-0.2, -0.15) is 0 Å². The van der Waals surface area contributed by atoms with Crippen molar-refractivity contribution in [3.63, 3.8) is 0 Å². The molecule has 0 spiro atoms. The van der Waals surface area contributed by atoms with Crippen molar-refractivity contribution in [3.8, 4) is 0 Å². The van der Waals surface area contributed by atoms with Gasteiger partial charge in [0, 0.05) is 6.54 Å². The van der Waals surface area contributed by atoms with Crippen LogP contribution in [0.15, 0.2) is 0 Å². The molecule has 3 N–H and O–H groups in total. The predicted molar refractivity (Wildman–Crippen MR) is 59.5 cm³/mol. The fourth-order valence-electron chi connectivity index (χ4n) is 1.89. The smallest absolute Gasteiger partial charge is 0.227 e. The third-order valence-corrected chi connectivity index (χ3v) is 3.19. The van der Waals surface area contributed by atoms with Crippen molar-refractivity contribution < 1.29 is 9.90 Å². The monoisotopic (exact) mass is 214 g/mol. The van der Waals surface area contributed by atoms with Crippen molar-refractivity contribution in [2.75, 3.05) is 19.7 Å². The summed E-state index contributed by atoms with van der Waals surface area (Å²) in [6.07, 6.45) is 2.74. The number of piperidine rings is 1. The van der Waals surface area contributed by atoms with E-state index in [-0.39, 0.29) is 24.0 Å². The van der Waals surface area contributed by atoms with Crippen LogP contribution in [0.3, 0.4) is 0 Å². The van der Waals surface area contributed by atoms with Gasteiger partial charge in [-0.05, 0) is 32.7 Å². The van der Waals surface area contributed by atoms with Gasteiger partial charge in [-0.1, -0.05) is 6.92 Å². The van der Waals surface area contributed by atoms with E-state index in [0.29, 0.717) is 0 Å². The first-order chi connectivity index (χ1) is 7.12. The average Bonchev–Trinajstić information content (AvgIpc) is 2.26. The molecular weight excluding hydrogens is 192 g/mol. The molecule has 1 saturated heterocycles. The van der Waals surface area contributed by atoms with Crippen LogP contribution in [0.2, 0.25) is 0 Å². The molecule has 0 bridgehead atoms. The molecule has 1 aliphatic rings. The summed E-state index contributed by atoms with van der Waals surface area (Å²) in [5.41, 5.74) is -0.305. The Labute approximate surface area is 91.4 Å². The highest BCUT2D eigenvalue weighted by atomic mass is 16.3. The second-order valence-electron chi connectivity index (χ2n) is 4.60. The molecule has 88 valence electrons. The number of carbonyl (C=O) groups is 1. The van der Waals surface area contributed by atoms with Gasteiger partial charge in [0.05, 0.1) is 18.1 Å². The van der Waals surface area contributed by atoms with Crippen molar-refractivity contribution in [2.24, 2.45) is 5.41 Å². The summed E-state index contributed by atoms with van der Waals surface area (Å²) in [4.78, 5) is 12.0. The van der Waals surface area contributed by atoms with Crippen molar-refractivity contribution in [1.29, 1.82) is 0 Å². The van der Waals surface area contributed by atoms with Gasteiger partial charge in [-0.25, -0.2) is 0 Å². The minimum absolute atomic E-state index is 0.0196. The molecule has 1 heterocycles. The van der Waals surface area contributed by atoms with E-state index < -0.39 is 0 Å². The number of aliphatic hydroxyl groups excluding tert-OH is 1. The summed E-state index contributed by atoms with van der Waals surface area (Å²) in [7, 11) is 0. The highest BCUT2D eigenvalue weighted by Crippen LogP contribution is 2.25. The van der Waals surface area contributed by atoms with Crippen LogP contribution in [0.5, 0.6) is 0 Å². The lowest BCUT2D eigenvalue weighted by molar-refractivity contribution is -0.132. The first-order valence-electron chi connectivity index (χ1n) is 5.75. The maximum Gasteiger partial charge on any atom is 0.227 e. The molecule has 1 amide bonds. The van der Waals surface area contributed by atoms with Crippen LogP contribution in [-0.4, -0.2) is 36.8 Å². The Bertz CT molecular complexity index is 209. The fraction of sp³-hybridized carbons (Fsp3) is 0.909. The van der Waals surface area contributed by atoms with Gasteiger partial charge in [-0.15, -0.1) is 0 Å². The minimum Gasteiger partial charge on any atom is -0.394 e. The van der Waals surface area contributed by atoms with Crippen LogP contribution in [0, 0.1) is 5.41 Å². The Hall–Kier alpha value is -0.610. The lowest BCUT2D eigenvalue weighted by Gasteiger charge is -2.33. The number of amides is 1. The van der Waals surface area contributed by atoms with Crippen LogP contribution < -0.4 is 10.6 Å². The van der Waals surface area contributed by atoms with E-state index in [1.807, 2.05) is 13.8 Å². The van der Waals surface area contributed by atoms with Gasteiger partial charge in [0.15, 0.2) is 0 Å². The van der Waals surface area contributed by atoms with Gasteiger partial charge in [0.1, 0.15) is 0 Å². The molecule has 4 heteroatoms. The largest absolute Gasteiger partial charge is 0.394 e.